The molecule has 1 fully saturated rings. The summed E-state index contributed by atoms with van der Waals surface area (Å²) in [7, 11) is 0. The van der Waals surface area contributed by atoms with Crippen molar-refractivity contribution in [1.29, 1.82) is 0 Å². The van der Waals surface area contributed by atoms with Gasteiger partial charge in [0, 0.05) is 28.8 Å². The van der Waals surface area contributed by atoms with Gasteiger partial charge < -0.3 is 10.2 Å². The largest absolute Gasteiger partial charge is 0.369 e. The fourth-order valence-corrected chi connectivity index (χ4v) is 3.35. The van der Waals surface area contributed by atoms with E-state index in [0.717, 1.165) is 36.0 Å². The van der Waals surface area contributed by atoms with Crippen LogP contribution in [-0.4, -0.2) is 19.0 Å². The molecule has 0 radical (unpaired) electrons. The number of anilines is 2. The average molecular weight is 377 g/mol. The first-order chi connectivity index (χ1) is 11.0. The minimum Gasteiger partial charge on any atom is -0.369 e. The van der Waals surface area contributed by atoms with Gasteiger partial charge in [-0.25, -0.2) is 4.39 Å². The highest BCUT2D eigenvalue weighted by Gasteiger charge is 2.17. The van der Waals surface area contributed by atoms with E-state index in [1.807, 2.05) is 24.0 Å². The van der Waals surface area contributed by atoms with E-state index in [1.54, 1.807) is 18.2 Å². The Morgan fingerprint density at radius 3 is 2.57 bits per heavy atom. The van der Waals surface area contributed by atoms with Crippen molar-refractivity contribution in [2.75, 3.05) is 23.3 Å². The Morgan fingerprint density at radius 2 is 1.91 bits per heavy atom. The first-order valence-electron chi connectivity index (χ1n) is 7.66. The highest BCUT2D eigenvalue weighted by molar-refractivity contribution is 9.10. The van der Waals surface area contributed by atoms with E-state index < -0.39 is 0 Å². The van der Waals surface area contributed by atoms with E-state index in [4.69, 9.17) is 0 Å². The number of carbonyl (C=O) groups is 1. The third-order valence-electron chi connectivity index (χ3n) is 4.09. The molecule has 1 amide bonds. The van der Waals surface area contributed by atoms with Crippen LogP contribution in [0.5, 0.6) is 0 Å². The minimum atomic E-state index is -0.294. The van der Waals surface area contributed by atoms with Crippen molar-refractivity contribution in [2.24, 2.45) is 0 Å². The summed E-state index contributed by atoms with van der Waals surface area (Å²) >= 11 is 3.38. The van der Waals surface area contributed by atoms with Gasteiger partial charge in [-0.3, -0.25) is 4.79 Å². The number of benzene rings is 2. The minimum absolute atomic E-state index is 0.233. The molecule has 1 saturated heterocycles. The number of hydrogen-bond donors (Lipinski definition) is 1. The molecule has 0 saturated carbocycles. The van der Waals surface area contributed by atoms with Crippen molar-refractivity contribution in [3.8, 4) is 0 Å². The van der Waals surface area contributed by atoms with Crippen molar-refractivity contribution in [3.05, 3.63) is 57.8 Å². The Balaban J connectivity index is 1.77. The summed E-state index contributed by atoms with van der Waals surface area (Å²) in [5.74, 6) is -0.527. The van der Waals surface area contributed by atoms with Crippen LogP contribution >= 0.6 is 15.9 Å². The maximum Gasteiger partial charge on any atom is 0.255 e. The summed E-state index contributed by atoms with van der Waals surface area (Å²) in [6.07, 6.45) is 2.20. The lowest BCUT2D eigenvalue weighted by Crippen LogP contribution is -2.19. The first-order valence-corrected chi connectivity index (χ1v) is 8.46. The van der Waals surface area contributed by atoms with E-state index in [1.165, 1.54) is 6.07 Å². The smallest absolute Gasteiger partial charge is 0.255 e. The number of aryl methyl sites for hydroxylation is 1. The molecule has 3 rings (SSSR count). The first kappa shape index (κ1) is 16.0. The Bertz CT molecular complexity index is 742. The predicted molar refractivity (Wildman–Crippen MR) is 94.7 cm³/mol. The highest BCUT2D eigenvalue weighted by Crippen LogP contribution is 2.26. The molecule has 0 aliphatic carbocycles. The lowest BCUT2D eigenvalue weighted by Gasteiger charge is -2.19. The van der Waals surface area contributed by atoms with Gasteiger partial charge in [0.2, 0.25) is 0 Å². The molecule has 0 unspecified atom stereocenters. The molecule has 1 aliphatic rings. The standard InChI is InChI=1S/C18H18BrFN2O/c1-12-10-13(19)4-6-15(12)18(23)21-14-5-7-17(16(20)11-14)22-8-2-3-9-22/h4-7,10-11H,2-3,8-9H2,1H3,(H,21,23). The van der Waals surface area contributed by atoms with Gasteiger partial charge in [0.1, 0.15) is 5.82 Å². The summed E-state index contributed by atoms with van der Waals surface area (Å²) in [4.78, 5) is 14.4. The van der Waals surface area contributed by atoms with Gasteiger partial charge in [0.25, 0.3) is 5.91 Å². The average Bonchev–Trinajstić information content (AvgIpc) is 3.01. The maximum absolute atomic E-state index is 14.3. The molecule has 2 aromatic carbocycles. The Hall–Kier alpha value is -1.88. The fourth-order valence-electron chi connectivity index (χ4n) is 2.88. The second kappa shape index (κ2) is 6.71. The molecule has 3 nitrogen and oxygen atoms in total. The van der Waals surface area contributed by atoms with Gasteiger partial charge in [-0.15, -0.1) is 0 Å². The quantitative estimate of drug-likeness (QED) is 0.837. The number of hydrogen-bond acceptors (Lipinski definition) is 2. The van der Waals surface area contributed by atoms with Gasteiger partial charge in [0.15, 0.2) is 0 Å². The van der Waals surface area contributed by atoms with E-state index in [2.05, 4.69) is 21.2 Å². The summed E-state index contributed by atoms with van der Waals surface area (Å²) in [5, 5.41) is 2.76. The predicted octanol–water partition coefficient (Wildman–Crippen LogP) is 4.75. The number of nitrogens with one attached hydrogen (secondary N) is 1. The summed E-state index contributed by atoms with van der Waals surface area (Å²) in [5.41, 5.74) is 2.53. The van der Waals surface area contributed by atoms with Crippen molar-refractivity contribution in [3.63, 3.8) is 0 Å². The van der Waals surface area contributed by atoms with Crippen LogP contribution in [0, 0.1) is 12.7 Å². The fraction of sp³-hybridized carbons (Fsp3) is 0.278. The lowest BCUT2D eigenvalue weighted by molar-refractivity contribution is 0.102. The van der Waals surface area contributed by atoms with Crippen LogP contribution in [0.15, 0.2) is 40.9 Å². The van der Waals surface area contributed by atoms with Crippen LogP contribution in [0.4, 0.5) is 15.8 Å². The van der Waals surface area contributed by atoms with E-state index in [9.17, 15) is 9.18 Å². The number of amides is 1. The molecule has 23 heavy (non-hydrogen) atoms. The second-order valence-electron chi connectivity index (χ2n) is 5.77. The Morgan fingerprint density at radius 1 is 1.17 bits per heavy atom. The Labute approximate surface area is 143 Å². The molecule has 5 heteroatoms. The van der Waals surface area contributed by atoms with Gasteiger partial charge in [-0.1, -0.05) is 15.9 Å². The molecule has 0 atom stereocenters. The third-order valence-corrected chi connectivity index (χ3v) is 4.58. The summed E-state index contributed by atoms with van der Waals surface area (Å²) in [6.45, 7) is 3.65. The molecule has 120 valence electrons. The SMILES string of the molecule is Cc1cc(Br)ccc1C(=O)Nc1ccc(N2CCCC2)c(F)c1. The molecule has 1 heterocycles. The Kier molecular flexibility index (Phi) is 4.66. The van der Waals surface area contributed by atoms with Crippen LogP contribution in [-0.2, 0) is 0 Å². The van der Waals surface area contributed by atoms with Crippen molar-refractivity contribution in [2.45, 2.75) is 19.8 Å². The lowest BCUT2D eigenvalue weighted by atomic mass is 10.1. The summed E-state index contributed by atoms with van der Waals surface area (Å²) in [6, 6.07) is 10.3. The normalized spacial score (nSPS) is 14.1. The molecular weight excluding hydrogens is 359 g/mol. The zero-order valence-corrected chi connectivity index (χ0v) is 14.5. The van der Waals surface area contributed by atoms with Crippen LogP contribution < -0.4 is 10.2 Å². The molecular formula is C18H18BrFN2O. The highest BCUT2D eigenvalue weighted by atomic mass is 79.9. The van der Waals surface area contributed by atoms with Crippen molar-refractivity contribution >= 4 is 33.2 Å². The van der Waals surface area contributed by atoms with Crippen molar-refractivity contribution in [1.82, 2.24) is 0 Å². The number of nitrogens with zero attached hydrogens (tertiary/aromatic N) is 1. The topological polar surface area (TPSA) is 32.3 Å². The van der Waals surface area contributed by atoms with Crippen LogP contribution in [0.2, 0.25) is 0 Å². The van der Waals surface area contributed by atoms with Gasteiger partial charge in [-0.2, -0.15) is 0 Å². The van der Waals surface area contributed by atoms with E-state index >= 15 is 0 Å². The second-order valence-corrected chi connectivity index (χ2v) is 6.69. The molecule has 1 N–H and O–H groups in total. The monoisotopic (exact) mass is 376 g/mol. The van der Waals surface area contributed by atoms with Crippen molar-refractivity contribution < 1.29 is 9.18 Å². The van der Waals surface area contributed by atoms with E-state index in [0.29, 0.717) is 16.9 Å². The zero-order valence-electron chi connectivity index (χ0n) is 12.9. The van der Waals surface area contributed by atoms with Crippen LogP contribution in [0.3, 0.4) is 0 Å². The molecule has 1 aliphatic heterocycles. The number of rotatable bonds is 3. The van der Waals surface area contributed by atoms with Crippen LogP contribution in [0.1, 0.15) is 28.8 Å². The van der Waals surface area contributed by atoms with Gasteiger partial charge >= 0.3 is 0 Å². The molecule has 0 bridgehead atoms. The maximum atomic E-state index is 14.3. The molecule has 0 spiro atoms. The van der Waals surface area contributed by atoms with Gasteiger partial charge in [0.05, 0.1) is 5.69 Å². The molecule has 0 aromatic heterocycles. The van der Waals surface area contributed by atoms with E-state index in [-0.39, 0.29) is 11.7 Å². The zero-order chi connectivity index (χ0) is 16.4. The van der Waals surface area contributed by atoms with Crippen LogP contribution in [0.25, 0.3) is 0 Å². The number of halogens is 2. The number of carbonyl (C=O) groups excluding carboxylic acids is 1. The summed E-state index contributed by atoms with van der Waals surface area (Å²) < 4.78 is 15.2. The third kappa shape index (κ3) is 3.55. The molecule has 2 aromatic rings. The van der Waals surface area contributed by atoms with Gasteiger partial charge in [-0.05, 0) is 61.7 Å².